The quantitative estimate of drug-likeness (QED) is 0.492. The number of hydrogen-bond acceptors (Lipinski definition) is 4. The van der Waals surface area contributed by atoms with E-state index in [0.29, 0.717) is 19.3 Å². The first-order chi connectivity index (χ1) is 7.01. The zero-order chi connectivity index (χ0) is 11.8. The molecule has 0 aliphatic heterocycles. The van der Waals surface area contributed by atoms with Crippen LogP contribution in [0, 0.1) is 0 Å². The highest BCUT2D eigenvalue weighted by atomic mass is 16.5. The number of rotatable bonds is 7. The maximum absolute atomic E-state index is 10.8. The molecule has 0 aliphatic rings. The van der Waals surface area contributed by atoms with Crippen molar-refractivity contribution in [3.05, 3.63) is 12.7 Å². The first-order valence-corrected chi connectivity index (χ1v) is 5.20. The highest BCUT2D eigenvalue weighted by Gasteiger charge is 2.16. The van der Waals surface area contributed by atoms with Gasteiger partial charge in [-0.2, -0.15) is 0 Å². The van der Waals surface area contributed by atoms with Gasteiger partial charge in [0.1, 0.15) is 0 Å². The number of ether oxygens (including phenoxy) is 1. The molecule has 0 bridgehead atoms. The average Bonchev–Trinajstić information content (AvgIpc) is 2.24. The summed E-state index contributed by atoms with van der Waals surface area (Å²) in [7, 11) is 0. The predicted octanol–water partition coefficient (Wildman–Crippen LogP) is 1.02. The zero-order valence-electron chi connectivity index (χ0n) is 9.35. The Bertz CT molecular complexity index is 203. The molecule has 0 fully saturated rings. The molecule has 0 saturated heterocycles. The molecule has 3 unspecified atom stereocenters. The minimum atomic E-state index is -0.750. The van der Waals surface area contributed by atoms with E-state index in [4.69, 9.17) is 4.74 Å². The summed E-state index contributed by atoms with van der Waals surface area (Å²) < 4.78 is 4.91. The molecular formula is C11H20O4. The highest BCUT2D eigenvalue weighted by molar-refractivity contribution is 5.81. The van der Waals surface area contributed by atoms with Crippen LogP contribution in [0.5, 0.6) is 0 Å². The van der Waals surface area contributed by atoms with Crippen molar-refractivity contribution in [2.45, 2.75) is 51.4 Å². The van der Waals surface area contributed by atoms with Gasteiger partial charge in [0, 0.05) is 6.08 Å². The van der Waals surface area contributed by atoms with Gasteiger partial charge in [0.15, 0.2) is 0 Å². The van der Waals surface area contributed by atoms with Crippen LogP contribution in [-0.4, -0.2) is 34.5 Å². The summed E-state index contributed by atoms with van der Waals surface area (Å²) in [5, 5.41) is 18.7. The summed E-state index contributed by atoms with van der Waals surface area (Å²) in [6.45, 7) is 6.83. The van der Waals surface area contributed by atoms with Gasteiger partial charge in [-0.1, -0.05) is 13.5 Å². The lowest BCUT2D eigenvalue weighted by atomic mass is 10.0. The monoisotopic (exact) mass is 216 g/mol. The second-order valence-corrected chi connectivity index (χ2v) is 3.57. The number of esters is 1. The molecule has 0 aliphatic carbocycles. The van der Waals surface area contributed by atoms with E-state index in [0.717, 1.165) is 6.08 Å². The Balaban J connectivity index is 3.74. The molecule has 0 radical (unpaired) electrons. The molecule has 0 saturated carbocycles. The van der Waals surface area contributed by atoms with Crippen LogP contribution in [0.1, 0.15) is 33.1 Å². The maximum atomic E-state index is 10.8. The minimum absolute atomic E-state index is 0.269. The van der Waals surface area contributed by atoms with Crippen LogP contribution in [0.15, 0.2) is 12.7 Å². The molecule has 4 nitrogen and oxygen atoms in total. The lowest BCUT2D eigenvalue weighted by molar-refractivity contribution is -0.142. The molecular weight excluding hydrogens is 196 g/mol. The molecule has 0 amide bonds. The summed E-state index contributed by atoms with van der Waals surface area (Å²) in [4.78, 5) is 10.8. The Morgan fingerprint density at radius 2 is 2.00 bits per heavy atom. The van der Waals surface area contributed by atoms with Gasteiger partial charge in [0.25, 0.3) is 0 Å². The van der Waals surface area contributed by atoms with Gasteiger partial charge in [-0.3, -0.25) is 0 Å². The number of aliphatic hydroxyl groups is 2. The van der Waals surface area contributed by atoms with E-state index < -0.39 is 18.2 Å². The van der Waals surface area contributed by atoms with Gasteiger partial charge in [-0.15, -0.1) is 0 Å². The summed E-state index contributed by atoms with van der Waals surface area (Å²) in [6.07, 6.45) is 0.843. The fourth-order valence-corrected chi connectivity index (χ4v) is 1.18. The Morgan fingerprint density at radius 3 is 2.47 bits per heavy atom. The van der Waals surface area contributed by atoms with Crippen LogP contribution in [0.4, 0.5) is 0 Å². The molecule has 0 aromatic carbocycles. The minimum Gasteiger partial charge on any atom is -0.460 e. The van der Waals surface area contributed by atoms with Crippen LogP contribution in [0.2, 0.25) is 0 Å². The molecule has 15 heavy (non-hydrogen) atoms. The normalized spacial score (nSPS) is 16.5. The lowest BCUT2D eigenvalue weighted by Crippen LogP contribution is -2.26. The van der Waals surface area contributed by atoms with Gasteiger partial charge in [-0.05, 0) is 26.2 Å². The van der Waals surface area contributed by atoms with Gasteiger partial charge >= 0.3 is 5.97 Å². The summed E-state index contributed by atoms with van der Waals surface area (Å²) in [6, 6.07) is 0. The largest absolute Gasteiger partial charge is 0.460 e. The van der Waals surface area contributed by atoms with Gasteiger partial charge < -0.3 is 14.9 Å². The number of carbonyl (C=O) groups excluding carboxylic acids is 1. The first kappa shape index (κ1) is 14.1. The molecule has 2 N–H and O–H groups in total. The van der Waals surface area contributed by atoms with Crippen molar-refractivity contribution < 1.29 is 19.7 Å². The molecule has 88 valence electrons. The van der Waals surface area contributed by atoms with Crippen molar-refractivity contribution >= 4 is 5.97 Å². The lowest BCUT2D eigenvalue weighted by Gasteiger charge is -2.18. The molecule has 0 aromatic rings. The van der Waals surface area contributed by atoms with Crippen molar-refractivity contribution in [3.8, 4) is 0 Å². The second kappa shape index (κ2) is 7.43. The number of carbonyl (C=O) groups is 1. The van der Waals surface area contributed by atoms with E-state index in [1.165, 1.54) is 0 Å². The number of aliphatic hydroxyl groups excluding tert-OH is 2. The van der Waals surface area contributed by atoms with Crippen molar-refractivity contribution in [1.82, 2.24) is 0 Å². The standard InChI is InChI=1S/C11H20O4/c1-4-9(12)10(13)7-6-8(3)15-11(14)5-2/h5,8-10,12-13H,2,4,6-7H2,1,3H3. The molecule has 0 rings (SSSR count). The molecule has 3 atom stereocenters. The van der Waals surface area contributed by atoms with Crippen LogP contribution < -0.4 is 0 Å². The first-order valence-electron chi connectivity index (χ1n) is 5.20. The van der Waals surface area contributed by atoms with Gasteiger partial charge in [0.05, 0.1) is 18.3 Å². The molecule has 4 heteroatoms. The fourth-order valence-electron chi connectivity index (χ4n) is 1.18. The van der Waals surface area contributed by atoms with Crippen LogP contribution >= 0.6 is 0 Å². The predicted molar refractivity (Wildman–Crippen MR) is 57.3 cm³/mol. The smallest absolute Gasteiger partial charge is 0.330 e. The summed E-state index contributed by atoms with van der Waals surface area (Å²) in [5.74, 6) is -0.465. The van der Waals surface area contributed by atoms with E-state index in [1.54, 1.807) is 13.8 Å². The van der Waals surface area contributed by atoms with Crippen LogP contribution in [0.25, 0.3) is 0 Å². The third-order valence-corrected chi connectivity index (χ3v) is 2.22. The van der Waals surface area contributed by atoms with Crippen molar-refractivity contribution in [2.75, 3.05) is 0 Å². The van der Waals surface area contributed by atoms with E-state index in [9.17, 15) is 15.0 Å². The van der Waals surface area contributed by atoms with E-state index in [1.807, 2.05) is 0 Å². The maximum Gasteiger partial charge on any atom is 0.330 e. The molecule has 0 aromatic heterocycles. The van der Waals surface area contributed by atoms with E-state index in [-0.39, 0.29) is 6.10 Å². The Morgan fingerprint density at radius 1 is 1.40 bits per heavy atom. The molecule has 0 spiro atoms. The average molecular weight is 216 g/mol. The molecule has 0 heterocycles. The Kier molecular flexibility index (Phi) is 6.99. The van der Waals surface area contributed by atoms with E-state index in [2.05, 4.69) is 6.58 Å². The third-order valence-electron chi connectivity index (χ3n) is 2.22. The van der Waals surface area contributed by atoms with Crippen molar-refractivity contribution in [1.29, 1.82) is 0 Å². The SMILES string of the molecule is C=CC(=O)OC(C)CCC(O)C(O)CC. The Labute approximate surface area is 90.6 Å². The Hall–Kier alpha value is -0.870. The van der Waals surface area contributed by atoms with Gasteiger partial charge in [0.2, 0.25) is 0 Å². The fraction of sp³-hybridized carbons (Fsp3) is 0.727. The van der Waals surface area contributed by atoms with E-state index >= 15 is 0 Å². The second-order valence-electron chi connectivity index (χ2n) is 3.57. The number of hydrogen-bond donors (Lipinski definition) is 2. The van der Waals surface area contributed by atoms with Crippen molar-refractivity contribution in [2.24, 2.45) is 0 Å². The zero-order valence-corrected chi connectivity index (χ0v) is 9.35. The topological polar surface area (TPSA) is 66.8 Å². The van der Waals surface area contributed by atoms with Crippen LogP contribution in [-0.2, 0) is 9.53 Å². The highest BCUT2D eigenvalue weighted by Crippen LogP contribution is 2.09. The summed E-state index contributed by atoms with van der Waals surface area (Å²) in [5.41, 5.74) is 0. The van der Waals surface area contributed by atoms with Gasteiger partial charge in [-0.25, -0.2) is 4.79 Å². The van der Waals surface area contributed by atoms with Crippen LogP contribution in [0.3, 0.4) is 0 Å². The van der Waals surface area contributed by atoms with Crippen molar-refractivity contribution in [3.63, 3.8) is 0 Å². The third kappa shape index (κ3) is 6.25. The summed E-state index contributed by atoms with van der Waals surface area (Å²) >= 11 is 0.